The van der Waals surface area contributed by atoms with Gasteiger partial charge in [-0.3, -0.25) is 0 Å². The first-order chi connectivity index (χ1) is 1.41. The predicted octanol–water partition coefficient (Wildman–Crippen LogP) is 0.527. The van der Waals surface area contributed by atoms with E-state index in [0.717, 1.165) is 0 Å². The average Bonchev–Trinajstić information content (AvgIpc) is 0.918. The van der Waals surface area contributed by atoms with Crippen LogP contribution in [-0.2, 0) is 19.5 Å². The van der Waals surface area contributed by atoms with Crippen molar-refractivity contribution < 1.29 is 19.5 Å². The third-order valence-electron chi connectivity index (χ3n) is 0. The molecule has 0 heterocycles. The Balaban J connectivity index is 0. The van der Waals surface area contributed by atoms with Crippen molar-refractivity contribution in [3.63, 3.8) is 0 Å². The van der Waals surface area contributed by atoms with E-state index in [2.05, 4.69) is 0 Å². The molecule has 2 heteroatoms. The molecule has 0 atom stereocenters. The summed E-state index contributed by atoms with van der Waals surface area (Å²) < 4.78 is 0. The van der Waals surface area contributed by atoms with Crippen LogP contribution in [0.1, 0.15) is 6.92 Å². The molecule has 0 aromatic rings. The van der Waals surface area contributed by atoms with Crippen LogP contribution in [0, 0.1) is 11.3 Å². The fourth-order valence-electron chi connectivity index (χ4n) is 0. The summed E-state index contributed by atoms with van der Waals surface area (Å²) in [5.74, 6) is 0. The van der Waals surface area contributed by atoms with Gasteiger partial charge in [-0.15, -0.1) is 0 Å². The summed E-state index contributed by atoms with van der Waals surface area (Å²) in [7, 11) is 0. The smallest absolute Gasteiger partial charge is 0.199 e. The van der Waals surface area contributed by atoms with Crippen LogP contribution in [0.25, 0.3) is 0 Å². The molecular weight excluding hydrogens is 139 g/mol. The molecule has 0 rings (SSSR count). The molecule has 0 bridgehead atoms. The van der Waals surface area contributed by atoms with E-state index >= 15 is 0 Å². The van der Waals surface area contributed by atoms with Crippen molar-refractivity contribution in [1.82, 2.24) is 0 Å². The predicted molar refractivity (Wildman–Crippen MR) is 11.3 cm³/mol. The second-order valence-corrected chi connectivity index (χ2v) is 0.224. The van der Waals surface area contributed by atoms with Gasteiger partial charge in [0.1, 0.15) is 0 Å². The zero-order chi connectivity index (χ0) is 2.71. The maximum absolute atomic E-state index is 7.32. The first-order valence-corrected chi connectivity index (χ1v) is 0.724. The molecule has 0 aliphatic heterocycles. The number of rotatable bonds is 0. The Morgan fingerprint density at radius 1 is 1.75 bits per heavy atom. The molecule has 0 saturated carbocycles. The molecule has 0 unspecified atom stereocenters. The van der Waals surface area contributed by atoms with Crippen molar-refractivity contribution in [2.75, 3.05) is 0 Å². The van der Waals surface area contributed by atoms with E-state index < -0.39 is 0 Å². The van der Waals surface area contributed by atoms with Gasteiger partial charge in [-0.05, 0) is 0 Å². The minimum Gasteiger partial charge on any atom is -0.199 e. The van der Waals surface area contributed by atoms with Gasteiger partial charge in [0.05, 0.1) is 6.07 Å². The molecule has 4 heavy (non-hydrogen) atoms. The molecule has 22 valence electrons. The summed E-state index contributed by atoms with van der Waals surface area (Å²) in [6.07, 6.45) is 0. The van der Waals surface area contributed by atoms with Crippen molar-refractivity contribution >= 4 is 0 Å². The van der Waals surface area contributed by atoms with Crippen molar-refractivity contribution in [3.05, 3.63) is 0 Å². The fraction of sp³-hybridized carbons (Fsp3) is 0.500. The van der Waals surface area contributed by atoms with Crippen molar-refractivity contribution in [3.8, 4) is 6.07 Å². The molecule has 0 spiro atoms. The van der Waals surface area contributed by atoms with E-state index in [4.69, 9.17) is 5.26 Å². The van der Waals surface area contributed by atoms with Crippen LogP contribution in [0.2, 0.25) is 0 Å². The summed E-state index contributed by atoms with van der Waals surface area (Å²) in [6, 6.07) is 1.75. The largest absolute Gasteiger partial charge is 2.00 e. The third-order valence-corrected chi connectivity index (χ3v) is 0. The topological polar surface area (TPSA) is 23.8 Å². The van der Waals surface area contributed by atoms with E-state index in [9.17, 15) is 0 Å². The van der Waals surface area contributed by atoms with Crippen molar-refractivity contribution in [1.29, 1.82) is 5.26 Å². The van der Waals surface area contributed by atoms with Gasteiger partial charge in [0.15, 0.2) is 0 Å². The Bertz CT molecular complexity index is 27.5. The van der Waals surface area contributed by atoms with Gasteiger partial charge in [-0.25, -0.2) is 0 Å². The van der Waals surface area contributed by atoms with E-state index in [1.165, 1.54) is 6.92 Å². The van der Waals surface area contributed by atoms with E-state index in [1.807, 2.05) is 0 Å². The number of hydrogen-bond acceptors (Lipinski definition) is 1. The Labute approximate surface area is 38.4 Å². The summed E-state index contributed by atoms with van der Waals surface area (Å²) in [5.41, 5.74) is 0. The number of hydrogen-bond donors (Lipinski definition) is 0. The molecule has 0 fully saturated rings. The molecule has 0 N–H and O–H groups in total. The van der Waals surface area contributed by atoms with Crippen LogP contribution in [0.4, 0.5) is 0 Å². The Morgan fingerprint density at radius 2 is 1.75 bits per heavy atom. The fourth-order valence-corrected chi connectivity index (χ4v) is 0. The molecule has 0 radical (unpaired) electrons. The summed E-state index contributed by atoms with van der Waals surface area (Å²) in [5, 5.41) is 7.32. The molecule has 0 saturated heterocycles. The SMILES string of the molecule is CC#N.[Ru+2]. The van der Waals surface area contributed by atoms with Gasteiger partial charge in [-0.2, -0.15) is 5.26 Å². The third kappa shape index (κ3) is 204. The molecule has 1 nitrogen and oxygen atoms in total. The van der Waals surface area contributed by atoms with Crippen LogP contribution >= 0.6 is 0 Å². The van der Waals surface area contributed by atoms with Gasteiger partial charge in [0.25, 0.3) is 0 Å². The van der Waals surface area contributed by atoms with Gasteiger partial charge in [0.2, 0.25) is 0 Å². The monoisotopic (exact) mass is 143 g/mol. The van der Waals surface area contributed by atoms with E-state index in [-0.39, 0.29) is 19.5 Å². The summed E-state index contributed by atoms with van der Waals surface area (Å²) in [4.78, 5) is 0. The molecular formula is C2H3NRu+2. The normalized spacial score (nSPS) is 2.00. The second-order valence-electron chi connectivity index (χ2n) is 0.224. The van der Waals surface area contributed by atoms with E-state index in [1.54, 1.807) is 6.07 Å². The minimum atomic E-state index is 0. The first-order valence-electron chi connectivity index (χ1n) is 0.724. The maximum Gasteiger partial charge on any atom is 2.00 e. The molecule has 0 aromatic heterocycles. The molecule has 0 aliphatic carbocycles. The van der Waals surface area contributed by atoms with Crippen LogP contribution in [0.15, 0.2) is 0 Å². The molecule has 0 aromatic carbocycles. The Morgan fingerprint density at radius 3 is 1.75 bits per heavy atom. The van der Waals surface area contributed by atoms with Gasteiger partial charge in [0, 0.05) is 6.92 Å². The number of nitriles is 1. The van der Waals surface area contributed by atoms with Gasteiger partial charge < -0.3 is 0 Å². The van der Waals surface area contributed by atoms with Crippen LogP contribution in [0.5, 0.6) is 0 Å². The zero-order valence-electron chi connectivity index (χ0n) is 2.30. The molecule has 0 amide bonds. The van der Waals surface area contributed by atoms with Gasteiger partial charge in [-0.1, -0.05) is 0 Å². The Hall–Kier alpha value is 0.113. The maximum atomic E-state index is 7.32. The standard InChI is InChI=1S/C2H3N.Ru/c1-2-3;/h1H3;/q;+2. The average molecular weight is 142 g/mol. The first kappa shape index (κ1) is 8.93. The van der Waals surface area contributed by atoms with Crippen LogP contribution in [-0.4, -0.2) is 0 Å². The summed E-state index contributed by atoms with van der Waals surface area (Å²) in [6.45, 7) is 1.43. The van der Waals surface area contributed by atoms with E-state index in [0.29, 0.717) is 0 Å². The zero-order valence-corrected chi connectivity index (χ0v) is 4.04. The summed E-state index contributed by atoms with van der Waals surface area (Å²) >= 11 is 0. The van der Waals surface area contributed by atoms with Crippen LogP contribution < -0.4 is 0 Å². The minimum absolute atomic E-state index is 0. The quantitative estimate of drug-likeness (QED) is 0.452. The van der Waals surface area contributed by atoms with Gasteiger partial charge >= 0.3 is 19.5 Å². The second kappa shape index (κ2) is 11.2. The number of nitrogens with zero attached hydrogens (tertiary/aromatic N) is 1. The Kier molecular flexibility index (Phi) is 25.0. The molecule has 0 aliphatic rings. The van der Waals surface area contributed by atoms with Crippen molar-refractivity contribution in [2.45, 2.75) is 6.92 Å². The van der Waals surface area contributed by atoms with Crippen molar-refractivity contribution in [2.24, 2.45) is 0 Å². The van der Waals surface area contributed by atoms with Crippen LogP contribution in [0.3, 0.4) is 0 Å².